The van der Waals surface area contributed by atoms with Crippen LogP contribution in [0.1, 0.15) is 6.42 Å². The molecule has 0 radical (unpaired) electrons. The van der Waals surface area contributed by atoms with Crippen molar-refractivity contribution >= 4 is 5.96 Å². The molecule has 1 atom stereocenters. The van der Waals surface area contributed by atoms with Crippen molar-refractivity contribution in [1.29, 1.82) is 0 Å². The number of nitrogens with two attached hydrogens (primary N) is 1. The number of rotatable bonds is 3. The highest BCUT2D eigenvalue weighted by Gasteiger charge is 2.45. The maximum absolute atomic E-state index is 5.92. The zero-order valence-electron chi connectivity index (χ0n) is 9.57. The highest BCUT2D eigenvalue weighted by atomic mass is 16.5. The molecule has 0 aromatic rings. The monoisotopic (exact) mass is 212 g/mol. The van der Waals surface area contributed by atoms with Crippen LogP contribution in [0, 0.1) is 0 Å². The van der Waals surface area contributed by atoms with Crippen molar-refractivity contribution in [2.24, 2.45) is 10.7 Å². The first-order valence-corrected chi connectivity index (χ1v) is 5.43. The topological polar surface area (TPSA) is 54.1 Å². The van der Waals surface area contributed by atoms with Gasteiger partial charge in [-0.1, -0.05) is 0 Å². The summed E-state index contributed by atoms with van der Waals surface area (Å²) >= 11 is 0. The third-order valence-electron chi connectivity index (χ3n) is 3.43. The fraction of sp³-hybridized carbons (Fsp3) is 0.900. The summed E-state index contributed by atoms with van der Waals surface area (Å²) in [5.74, 6) is 0.683. The molecule has 0 saturated carbocycles. The Balaban J connectivity index is 2.06. The van der Waals surface area contributed by atoms with Gasteiger partial charge >= 0.3 is 0 Å². The predicted molar refractivity (Wildman–Crippen MR) is 59.9 cm³/mol. The van der Waals surface area contributed by atoms with Gasteiger partial charge in [0.15, 0.2) is 5.96 Å². The van der Waals surface area contributed by atoms with Gasteiger partial charge in [0.2, 0.25) is 0 Å². The van der Waals surface area contributed by atoms with Crippen LogP contribution in [0.25, 0.3) is 0 Å². The summed E-state index contributed by atoms with van der Waals surface area (Å²) in [4.78, 5) is 8.94. The van der Waals surface area contributed by atoms with Crippen LogP contribution < -0.4 is 5.73 Å². The Kier molecular flexibility index (Phi) is 2.84. The van der Waals surface area contributed by atoms with E-state index in [4.69, 9.17) is 10.5 Å². The molecule has 0 bridgehead atoms. The SMILES string of the molecule is COCCN1C(N)=NCC12CCN(C)C2. The lowest BCUT2D eigenvalue weighted by Gasteiger charge is -2.35. The quantitative estimate of drug-likeness (QED) is 0.674. The minimum atomic E-state index is 0.150. The Labute approximate surface area is 90.9 Å². The van der Waals surface area contributed by atoms with E-state index in [0.717, 1.165) is 32.6 Å². The van der Waals surface area contributed by atoms with E-state index in [1.54, 1.807) is 7.11 Å². The van der Waals surface area contributed by atoms with Gasteiger partial charge in [0.1, 0.15) is 0 Å². The highest BCUT2D eigenvalue weighted by molar-refractivity contribution is 5.81. The highest BCUT2D eigenvalue weighted by Crippen LogP contribution is 2.30. The molecule has 1 spiro atoms. The summed E-state index contributed by atoms with van der Waals surface area (Å²) in [7, 11) is 3.87. The van der Waals surface area contributed by atoms with Crippen LogP contribution in [0.5, 0.6) is 0 Å². The molecule has 2 aliphatic rings. The summed E-state index contributed by atoms with van der Waals surface area (Å²) in [6.45, 7) is 4.58. The molecule has 86 valence electrons. The number of aliphatic imine (C=N–C) groups is 1. The molecule has 2 N–H and O–H groups in total. The Hall–Kier alpha value is -0.810. The molecule has 5 heteroatoms. The van der Waals surface area contributed by atoms with Crippen LogP contribution in [0.3, 0.4) is 0 Å². The van der Waals surface area contributed by atoms with Crippen molar-refractivity contribution in [3.8, 4) is 0 Å². The molecular weight excluding hydrogens is 192 g/mol. The second kappa shape index (κ2) is 3.98. The van der Waals surface area contributed by atoms with Crippen molar-refractivity contribution < 1.29 is 4.74 Å². The van der Waals surface area contributed by atoms with Gasteiger partial charge in [-0.3, -0.25) is 4.99 Å². The number of nitrogens with zero attached hydrogens (tertiary/aromatic N) is 3. The molecule has 0 aliphatic carbocycles. The van der Waals surface area contributed by atoms with Crippen molar-refractivity contribution in [3.63, 3.8) is 0 Å². The van der Waals surface area contributed by atoms with Crippen LogP contribution in [0.15, 0.2) is 4.99 Å². The lowest BCUT2D eigenvalue weighted by molar-refractivity contribution is 0.132. The normalized spacial score (nSPS) is 31.6. The van der Waals surface area contributed by atoms with Crippen LogP contribution in [0.4, 0.5) is 0 Å². The number of ether oxygens (including phenoxy) is 1. The van der Waals surface area contributed by atoms with Gasteiger partial charge in [0.05, 0.1) is 18.7 Å². The Bertz CT molecular complexity index is 268. The molecule has 0 aromatic carbocycles. The summed E-state index contributed by atoms with van der Waals surface area (Å²) in [5, 5.41) is 0. The number of methoxy groups -OCH3 is 1. The molecular formula is C10H20N4O. The molecule has 0 amide bonds. The van der Waals surface area contributed by atoms with Crippen molar-refractivity contribution in [1.82, 2.24) is 9.80 Å². The van der Waals surface area contributed by atoms with E-state index in [0.29, 0.717) is 12.6 Å². The van der Waals surface area contributed by atoms with E-state index in [9.17, 15) is 0 Å². The largest absolute Gasteiger partial charge is 0.383 e. The first-order valence-electron chi connectivity index (χ1n) is 5.43. The maximum Gasteiger partial charge on any atom is 0.191 e. The van der Waals surface area contributed by atoms with E-state index in [2.05, 4.69) is 21.8 Å². The van der Waals surface area contributed by atoms with Crippen LogP contribution in [-0.4, -0.2) is 68.2 Å². The summed E-state index contributed by atoms with van der Waals surface area (Å²) in [5.41, 5.74) is 6.07. The number of guanidine groups is 1. The van der Waals surface area contributed by atoms with Gasteiger partial charge in [-0.05, 0) is 13.5 Å². The molecule has 5 nitrogen and oxygen atoms in total. The second-order valence-electron chi connectivity index (χ2n) is 4.53. The number of hydrogen-bond acceptors (Lipinski definition) is 5. The summed E-state index contributed by atoms with van der Waals surface area (Å²) < 4.78 is 5.12. The van der Waals surface area contributed by atoms with Crippen molar-refractivity contribution in [3.05, 3.63) is 0 Å². The average molecular weight is 212 g/mol. The Morgan fingerprint density at radius 2 is 2.40 bits per heavy atom. The smallest absolute Gasteiger partial charge is 0.191 e. The summed E-state index contributed by atoms with van der Waals surface area (Å²) in [6.07, 6.45) is 1.15. The molecule has 2 heterocycles. The minimum Gasteiger partial charge on any atom is -0.383 e. The minimum absolute atomic E-state index is 0.150. The summed E-state index contributed by atoms with van der Waals surface area (Å²) in [6, 6.07) is 0. The van der Waals surface area contributed by atoms with Gasteiger partial charge in [-0.15, -0.1) is 0 Å². The van der Waals surface area contributed by atoms with Crippen molar-refractivity contribution in [2.75, 3.05) is 46.9 Å². The van der Waals surface area contributed by atoms with E-state index < -0.39 is 0 Å². The Morgan fingerprint density at radius 3 is 3.00 bits per heavy atom. The van der Waals surface area contributed by atoms with Gasteiger partial charge in [0, 0.05) is 26.7 Å². The molecule has 0 aromatic heterocycles. The predicted octanol–water partition coefficient (Wildman–Crippen LogP) is -0.663. The van der Waals surface area contributed by atoms with E-state index in [1.807, 2.05) is 0 Å². The third-order valence-corrected chi connectivity index (χ3v) is 3.43. The fourth-order valence-electron chi connectivity index (χ4n) is 2.59. The molecule has 2 rings (SSSR count). The lowest BCUT2D eigenvalue weighted by atomic mass is 9.98. The number of likely N-dealkylation sites (N-methyl/N-ethyl adjacent to an activating group) is 1. The Morgan fingerprint density at radius 1 is 1.60 bits per heavy atom. The van der Waals surface area contributed by atoms with E-state index >= 15 is 0 Å². The number of likely N-dealkylation sites (tertiary alicyclic amines) is 1. The van der Waals surface area contributed by atoms with Crippen LogP contribution in [-0.2, 0) is 4.74 Å². The van der Waals surface area contributed by atoms with Crippen molar-refractivity contribution in [2.45, 2.75) is 12.0 Å². The third kappa shape index (κ3) is 1.81. The lowest BCUT2D eigenvalue weighted by Crippen LogP contribution is -2.54. The molecule has 2 aliphatic heterocycles. The van der Waals surface area contributed by atoms with E-state index in [-0.39, 0.29) is 5.54 Å². The standard InChI is InChI=1S/C10H20N4O/c1-13-4-3-10(8-13)7-12-9(11)14(10)5-6-15-2/h3-8H2,1-2H3,(H2,11,12). The maximum atomic E-state index is 5.92. The second-order valence-corrected chi connectivity index (χ2v) is 4.53. The molecule has 1 saturated heterocycles. The zero-order valence-corrected chi connectivity index (χ0v) is 9.57. The van der Waals surface area contributed by atoms with Gasteiger partial charge in [-0.25, -0.2) is 0 Å². The van der Waals surface area contributed by atoms with Gasteiger partial charge in [0.25, 0.3) is 0 Å². The zero-order chi connectivity index (χ0) is 10.9. The molecule has 15 heavy (non-hydrogen) atoms. The van der Waals surface area contributed by atoms with Gasteiger partial charge in [-0.2, -0.15) is 0 Å². The first kappa shape index (κ1) is 10.7. The molecule has 1 unspecified atom stereocenters. The van der Waals surface area contributed by atoms with Crippen LogP contribution in [0.2, 0.25) is 0 Å². The number of hydrogen-bond donors (Lipinski definition) is 1. The van der Waals surface area contributed by atoms with Gasteiger partial charge < -0.3 is 20.3 Å². The fourth-order valence-corrected chi connectivity index (χ4v) is 2.59. The van der Waals surface area contributed by atoms with Crippen LogP contribution >= 0.6 is 0 Å². The first-order chi connectivity index (χ1) is 7.18. The van der Waals surface area contributed by atoms with E-state index in [1.165, 1.54) is 0 Å². The average Bonchev–Trinajstić information content (AvgIpc) is 2.72. The molecule has 1 fully saturated rings.